The molecule has 2 heterocycles. The van der Waals surface area contributed by atoms with Gasteiger partial charge in [0.25, 0.3) is 5.91 Å². The van der Waals surface area contributed by atoms with Crippen LogP contribution in [-0.4, -0.2) is 59.6 Å². The molecule has 1 fully saturated rings. The molecule has 1 saturated heterocycles. The lowest BCUT2D eigenvalue weighted by Gasteiger charge is -2.27. The number of benzene rings is 2. The first-order valence-electron chi connectivity index (χ1n) is 10.9. The molecular weight excluding hydrogens is 444 g/mol. The third kappa shape index (κ3) is 4.91. The molecule has 178 valence electrons. The van der Waals surface area contributed by atoms with Crippen LogP contribution in [0.1, 0.15) is 16.1 Å². The van der Waals surface area contributed by atoms with Crippen molar-refractivity contribution in [3.05, 3.63) is 65.4 Å². The molecule has 0 aliphatic carbocycles. The highest BCUT2D eigenvalue weighted by atomic mass is 19.1. The van der Waals surface area contributed by atoms with Crippen molar-refractivity contribution in [1.82, 2.24) is 19.8 Å². The van der Waals surface area contributed by atoms with Crippen molar-refractivity contribution in [2.75, 3.05) is 38.2 Å². The fourth-order valence-corrected chi connectivity index (χ4v) is 3.88. The Morgan fingerprint density at radius 3 is 2.56 bits per heavy atom. The SMILES string of the molecule is Cc1c(Nc2cccc(C(=O)N3CCOCC3)c2)nc(-c2c(F)cccc2F)n1CCNC=O. The summed E-state index contributed by atoms with van der Waals surface area (Å²) in [5.74, 6) is -1.08. The van der Waals surface area contributed by atoms with Crippen LogP contribution in [0.5, 0.6) is 0 Å². The third-order valence-electron chi connectivity index (χ3n) is 5.64. The van der Waals surface area contributed by atoms with Crippen LogP contribution in [0.4, 0.5) is 20.3 Å². The molecule has 0 unspecified atom stereocenters. The van der Waals surface area contributed by atoms with Gasteiger partial charge in [-0.3, -0.25) is 9.59 Å². The first-order chi connectivity index (χ1) is 16.5. The predicted octanol–water partition coefficient (Wildman–Crippen LogP) is 3.10. The van der Waals surface area contributed by atoms with Gasteiger partial charge in [-0.2, -0.15) is 0 Å². The number of hydrogen-bond donors (Lipinski definition) is 2. The van der Waals surface area contributed by atoms with E-state index < -0.39 is 11.6 Å². The van der Waals surface area contributed by atoms with E-state index in [1.165, 1.54) is 18.2 Å². The molecule has 1 aliphatic heterocycles. The monoisotopic (exact) mass is 469 g/mol. The second-order valence-electron chi connectivity index (χ2n) is 7.80. The Kier molecular flexibility index (Phi) is 7.17. The molecule has 4 rings (SSSR count). The molecule has 2 N–H and O–H groups in total. The standard InChI is InChI=1S/C24H25F2N5O3/c1-16-22(28-18-5-2-4-17(14-18)24(33)30-10-12-34-13-11-30)29-23(31(16)9-8-27-15-32)21-19(25)6-3-7-20(21)26/h2-7,14-15,28H,8-13H2,1H3,(H,27,32). The van der Waals surface area contributed by atoms with Gasteiger partial charge in [-0.25, -0.2) is 13.8 Å². The van der Waals surface area contributed by atoms with E-state index in [2.05, 4.69) is 15.6 Å². The summed E-state index contributed by atoms with van der Waals surface area (Å²) in [6.45, 7) is 4.37. The summed E-state index contributed by atoms with van der Waals surface area (Å²) >= 11 is 0. The van der Waals surface area contributed by atoms with Crippen LogP contribution in [0, 0.1) is 18.6 Å². The van der Waals surface area contributed by atoms with Crippen LogP contribution in [-0.2, 0) is 16.1 Å². The molecule has 1 aromatic heterocycles. The van der Waals surface area contributed by atoms with E-state index in [0.717, 1.165) is 0 Å². The molecule has 34 heavy (non-hydrogen) atoms. The molecule has 0 spiro atoms. The zero-order chi connectivity index (χ0) is 24.1. The van der Waals surface area contributed by atoms with Crippen molar-refractivity contribution in [2.45, 2.75) is 13.5 Å². The smallest absolute Gasteiger partial charge is 0.254 e. The summed E-state index contributed by atoms with van der Waals surface area (Å²) in [4.78, 5) is 29.7. The van der Waals surface area contributed by atoms with E-state index in [-0.39, 0.29) is 30.4 Å². The predicted molar refractivity (Wildman–Crippen MR) is 123 cm³/mol. The number of amides is 2. The maximum Gasteiger partial charge on any atom is 0.254 e. The molecule has 8 nitrogen and oxygen atoms in total. The van der Waals surface area contributed by atoms with Crippen molar-refractivity contribution < 1.29 is 23.1 Å². The lowest BCUT2D eigenvalue weighted by Crippen LogP contribution is -2.40. The summed E-state index contributed by atoms with van der Waals surface area (Å²) < 4.78 is 36.1. The maximum absolute atomic E-state index is 14.6. The molecule has 2 amide bonds. The quantitative estimate of drug-likeness (QED) is 0.391. The number of morpholine rings is 1. The van der Waals surface area contributed by atoms with Crippen LogP contribution in [0.2, 0.25) is 0 Å². The summed E-state index contributed by atoms with van der Waals surface area (Å²) in [6, 6.07) is 10.6. The first-order valence-corrected chi connectivity index (χ1v) is 10.9. The van der Waals surface area contributed by atoms with E-state index >= 15 is 0 Å². The number of nitrogens with zero attached hydrogens (tertiary/aromatic N) is 3. The number of halogens is 2. The van der Waals surface area contributed by atoms with Crippen molar-refractivity contribution >= 4 is 23.8 Å². The lowest BCUT2D eigenvalue weighted by atomic mass is 10.1. The van der Waals surface area contributed by atoms with Crippen molar-refractivity contribution in [1.29, 1.82) is 0 Å². The number of anilines is 2. The number of rotatable bonds is 8. The molecule has 0 atom stereocenters. The van der Waals surface area contributed by atoms with E-state index in [9.17, 15) is 18.4 Å². The largest absolute Gasteiger partial charge is 0.378 e. The lowest BCUT2D eigenvalue weighted by molar-refractivity contribution is -0.109. The summed E-state index contributed by atoms with van der Waals surface area (Å²) in [7, 11) is 0. The first kappa shape index (κ1) is 23.4. The van der Waals surface area contributed by atoms with Crippen molar-refractivity contribution in [3.63, 3.8) is 0 Å². The normalized spacial score (nSPS) is 13.6. The summed E-state index contributed by atoms with van der Waals surface area (Å²) in [5, 5.41) is 5.72. The third-order valence-corrected chi connectivity index (χ3v) is 5.64. The van der Waals surface area contributed by atoms with Gasteiger partial charge in [-0.05, 0) is 37.3 Å². The average Bonchev–Trinajstić information content (AvgIpc) is 3.14. The molecule has 2 aromatic carbocycles. The number of carbonyl (C=O) groups is 2. The number of hydrogen-bond acceptors (Lipinski definition) is 5. The zero-order valence-corrected chi connectivity index (χ0v) is 18.7. The van der Waals surface area contributed by atoms with Crippen LogP contribution in [0.15, 0.2) is 42.5 Å². The van der Waals surface area contributed by atoms with Gasteiger partial charge in [-0.1, -0.05) is 12.1 Å². The molecule has 0 saturated carbocycles. The molecule has 3 aromatic rings. The minimum atomic E-state index is -0.737. The molecule has 0 radical (unpaired) electrons. The summed E-state index contributed by atoms with van der Waals surface area (Å²) in [6.07, 6.45) is 0.561. The van der Waals surface area contributed by atoms with Crippen LogP contribution in [0.3, 0.4) is 0 Å². The Morgan fingerprint density at radius 2 is 1.85 bits per heavy atom. The van der Waals surface area contributed by atoms with Gasteiger partial charge in [0.05, 0.1) is 24.5 Å². The fraction of sp³-hybridized carbons (Fsp3) is 0.292. The Bertz CT molecular complexity index is 1170. The molecule has 10 heteroatoms. The second-order valence-corrected chi connectivity index (χ2v) is 7.80. The Hall–Kier alpha value is -3.79. The Morgan fingerprint density at radius 1 is 1.15 bits per heavy atom. The Balaban J connectivity index is 1.66. The average molecular weight is 469 g/mol. The van der Waals surface area contributed by atoms with Gasteiger partial charge in [0.2, 0.25) is 6.41 Å². The molecule has 1 aliphatic rings. The minimum Gasteiger partial charge on any atom is -0.378 e. The van der Waals surface area contributed by atoms with Crippen LogP contribution < -0.4 is 10.6 Å². The fourth-order valence-electron chi connectivity index (χ4n) is 3.88. The van der Waals surface area contributed by atoms with Gasteiger partial charge >= 0.3 is 0 Å². The van der Waals surface area contributed by atoms with E-state index in [1.807, 2.05) is 0 Å². The zero-order valence-electron chi connectivity index (χ0n) is 18.7. The number of aromatic nitrogens is 2. The van der Waals surface area contributed by atoms with E-state index in [4.69, 9.17) is 4.74 Å². The van der Waals surface area contributed by atoms with Crippen LogP contribution >= 0.6 is 0 Å². The van der Waals surface area contributed by atoms with Gasteiger partial charge in [0.15, 0.2) is 5.82 Å². The second kappa shape index (κ2) is 10.4. The van der Waals surface area contributed by atoms with E-state index in [1.54, 1.807) is 40.7 Å². The Labute approximate surface area is 195 Å². The highest BCUT2D eigenvalue weighted by Gasteiger charge is 2.22. The van der Waals surface area contributed by atoms with Crippen LogP contribution in [0.25, 0.3) is 11.4 Å². The van der Waals surface area contributed by atoms with E-state index in [0.29, 0.717) is 55.5 Å². The highest BCUT2D eigenvalue weighted by Crippen LogP contribution is 2.31. The number of nitrogens with one attached hydrogen (secondary N) is 2. The maximum atomic E-state index is 14.6. The summed E-state index contributed by atoms with van der Waals surface area (Å²) in [5.41, 5.74) is 1.49. The number of imidazole rings is 1. The molecular formula is C24H25F2N5O3. The molecule has 0 bridgehead atoms. The van der Waals surface area contributed by atoms with Gasteiger partial charge in [-0.15, -0.1) is 0 Å². The van der Waals surface area contributed by atoms with Gasteiger partial charge in [0.1, 0.15) is 17.5 Å². The van der Waals surface area contributed by atoms with Crippen molar-refractivity contribution in [2.24, 2.45) is 0 Å². The van der Waals surface area contributed by atoms with Gasteiger partial charge < -0.3 is 24.8 Å². The highest BCUT2D eigenvalue weighted by molar-refractivity contribution is 5.95. The number of carbonyl (C=O) groups excluding carboxylic acids is 2. The number of ether oxygens (including phenoxy) is 1. The minimum absolute atomic E-state index is 0.0942. The van der Waals surface area contributed by atoms with Gasteiger partial charge in [0, 0.05) is 37.4 Å². The van der Waals surface area contributed by atoms with Crippen molar-refractivity contribution in [3.8, 4) is 11.4 Å². The topological polar surface area (TPSA) is 88.5 Å².